The van der Waals surface area contributed by atoms with Crippen LogP contribution >= 0.6 is 11.6 Å². The van der Waals surface area contributed by atoms with Gasteiger partial charge in [0.2, 0.25) is 18.6 Å². The monoisotopic (exact) mass is 1340 g/mol. The molecule has 460 valence electrons. The van der Waals surface area contributed by atoms with Gasteiger partial charge in [-0.25, -0.2) is 37.8 Å². The number of carboxylic acid groups (broad SMARTS) is 1. The third-order valence-electron chi connectivity index (χ3n) is 14.8. The fourth-order valence-electron chi connectivity index (χ4n) is 10.3. The van der Waals surface area contributed by atoms with Crippen molar-refractivity contribution in [3.63, 3.8) is 0 Å². The molecule has 0 unspecified atom stereocenters. The molecule has 28 nitrogen and oxygen atoms in total. The van der Waals surface area contributed by atoms with Crippen LogP contribution in [0, 0.1) is 11.6 Å². The third kappa shape index (κ3) is 17.8. The Kier molecular flexibility index (Phi) is 24.0. The van der Waals surface area contributed by atoms with Gasteiger partial charge in [-0.2, -0.15) is 10.2 Å². The van der Waals surface area contributed by atoms with Gasteiger partial charge in [-0.15, -0.1) is 0 Å². The van der Waals surface area contributed by atoms with Crippen LogP contribution in [0.3, 0.4) is 0 Å². The molecule has 4 aromatic rings. The number of aryl methyl sites for hydroxylation is 2. The molecule has 0 radical (unpaired) electrons. The number of anilines is 4. The Morgan fingerprint density at radius 1 is 0.628 bits per heavy atom. The van der Waals surface area contributed by atoms with Crippen LogP contribution in [0.25, 0.3) is 0 Å². The largest absolute Gasteiger partial charge is 1.00 e. The molecule has 0 N–H and O–H groups in total. The van der Waals surface area contributed by atoms with Crippen LogP contribution in [0.1, 0.15) is 36.4 Å². The molecule has 2 aromatic carbocycles. The molecule has 4 fully saturated rings. The molecule has 0 saturated carbocycles. The van der Waals surface area contributed by atoms with Gasteiger partial charge in [-0.3, -0.25) is 43.3 Å². The summed E-state index contributed by atoms with van der Waals surface area (Å²) in [5.41, 5.74) is 5.27. The number of hydrogen-bond donors (Lipinski definition) is 0. The Balaban J connectivity index is 0.000000212. The quantitative estimate of drug-likeness (QED) is 0.0580. The van der Waals surface area contributed by atoms with Gasteiger partial charge in [-0.1, -0.05) is 11.6 Å². The Morgan fingerprint density at radius 3 is 1.43 bits per heavy atom. The van der Waals surface area contributed by atoms with Crippen LogP contribution < -0.4 is 93.6 Å². The maximum Gasteiger partial charge on any atom is 1.00 e. The van der Waals surface area contributed by atoms with Crippen LogP contribution in [0.2, 0.25) is 0 Å². The summed E-state index contributed by atoms with van der Waals surface area (Å²) in [6.45, 7) is 10.1. The molecule has 4 saturated heterocycles. The number of imide groups is 2. The summed E-state index contributed by atoms with van der Waals surface area (Å²) >= 11 is 5.37. The van der Waals surface area contributed by atoms with Crippen LogP contribution in [0.5, 0.6) is 0 Å². The number of cyclic esters (lactones) is 2. The molecule has 0 spiro atoms. The van der Waals surface area contributed by atoms with Crippen LogP contribution in [-0.2, 0) is 83.1 Å². The molecule has 2 atom stereocenters. The molecule has 0 bridgehead atoms. The molecule has 6 amide bonds. The fraction of sp³-hybridized carbons (Fsp3) is 0.519. The predicted octanol–water partition coefficient (Wildman–Crippen LogP) is -1.29. The first-order chi connectivity index (χ1) is 40.5. The summed E-state index contributed by atoms with van der Waals surface area (Å²) < 4.78 is 58.7. The first kappa shape index (κ1) is 67.4. The molecule has 6 aliphatic heterocycles. The van der Waals surface area contributed by atoms with Crippen LogP contribution in [0.15, 0.2) is 48.8 Å². The second kappa shape index (κ2) is 30.7. The zero-order chi connectivity index (χ0) is 61.2. The van der Waals surface area contributed by atoms with Gasteiger partial charge in [0.25, 0.3) is 0 Å². The number of amides is 6. The van der Waals surface area contributed by atoms with E-state index in [4.69, 9.17) is 30.5 Å². The molecule has 2 aromatic heterocycles. The maximum absolute atomic E-state index is 15.1. The van der Waals surface area contributed by atoms with Gasteiger partial charge < -0.3 is 53.2 Å². The Bertz CT molecular complexity index is 3080. The van der Waals surface area contributed by atoms with Gasteiger partial charge in [0.05, 0.1) is 85.9 Å². The molecule has 10 rings (SSSR count). The normalized spacial score (nSPS) is 18.6. The van der Waals surface area contributed by atoms with E-state index in [1.54, 1.807) is 33.6 Å². The van der Waals surface area contributed by atoms with Gasteiger partial charge in [-0.05, 0) is 50.5 Å². The third-order valence-corrected chi connectivity index (χ3v) is 14.9. The van der Waals surface area contributed by atoms with Gasteiger partial charge >= 0.3 is 99.2 Å². The van der Waals surface area contributed by atoms with Gasteiger partial charge in [0, 0.05) is 123 Å². The topological polar surface area (TPSA) is 274 Å². The number of nitrogens with zero attached hydrogens (tertiary/aromatic N) is 14. The van der Waals surface area contributed by atoms with Crippen molar-refractivity contribution < 1.29 is 145 Å². The average Bonchev–Trinajstić information content (AvgIpc) is 2.13. The number of benzene rings is 2. The standard InChI is InChI=1S/C27H34FN7O7.C20H21ClFN5O5.C7H14N2O2.Cs/c1-18(36)34(26(38)41-17-40-25(37)16-32-8-6-30(2)7-9-32)13-21-14-35(27(39)42-21)20-4-5-24(22(28)10-20)33-12-19-11-31(3)29-23(19)15-33;1-12(28)26(19(29)31-11-21)8-15-9-27(20(30)32-15)14-3-4-18(16(22)5-14)25-7-13-6-24(2)23-17(13)10-25;1-8-2-4-9(5-3-8)6-7(10)11;/h4-5,10-11,21H,6-9,12-17H2,1-3H3;3-6,15H,7-11H2,1-2H3;2-6H2,1H3,(H,10,11);/q;;;+1/p-1/t21-;15-;;/m00../s1. The summed E-state index contributed by atoms with van der Waals surface area (Å²) in [5.74, 6) is -3.74. The fourth-order valence-corrected chi connectivity index (χ4v) is 10.4. The van der Waals surface area contributed by atoms with Crippen LogP contribution in [0.4, 0.5) is 50.7 Å². The van der Waals surface area contributed by atoms with E-state index in [9.17, 15) is 47.9 Å². The molecule has 0 aliphatic carbocycles. The second-order valence-corrected chi connectivity index (χ2v) is 21.3. The minimum absolute atomic E-state index is 0. The number of fused-ring (bicyclic) bond motifs is 2. The summed E-state index contributed by atoms with van der Waals surface area (Å²) in [7, 11) is 7.73. The molecular formula is C54H68ClCsF2N14O14. The number of likely N-dealkylation sites (N-methyl/N-ethyl adjacent to an activating group) is 2. The van der Waals surface area contributed by atoms with Crippen molar-refractivity contribution in [2.45, 2.75) is 52.2 Å². The van der Waals surface area contributed by atoms with E-state index in [0.29, 0.717) is 43.2 Å². The van der Waals surface area contributed by atoms with E-state index in [-0.39, 0.29) is 114 Å². The maximum atomic E-state index is 15.1. The van der Waals surface area contributed by atoms with E-state index in [1.807, 2.05) is 60.2 Å². The number of halogens is 3. The number of esters is 1. The molecule has 8 heterocycles. The number of carbonyl (C=O) groups is 8. The Hall–Kier alpha value is -6.14. The number of ether oxygens (including phenoxy) is 5. The number of carboxylic acids is 1. The molecule has 32 heteroatoms. The smallest absolute Gasteiger partial charge is 0.549 e. The number of alkyl halides is 1. The van der Waals surface area contributed by atoms with Crippen molar-refractivity contribution in [2.24, 2.45) is 14.1 Å². The zero-order valence-electron chi connectivity index (χ0n) is 49.0. The van der Waals surface area contributed by atoms with Crippen molar-refractivity contribution in [3.8, 4) is 0 Å². The summed E-state index contributed by atoms with van der Waals surface area (Å²) in [5, 5.41) is 18.9. The van der Waals surface area contributed by atoms with Crippen molar-refractivity contribution in [1.82, 2.24) is 49.0 Å². The molecule has 6 aliphatic rings. The van der Waals surface area contributed by atoms with E-state index < -0.39 is 84.8 Å². The molecular weight excluding hydrogens is 1280 g/mol. The number of piperazine rings is 2. The zero-order valence-corrected chi connectivity index (χ0v) is 56.1. The summed E-state index contributed by atoms with van der Waals surface area (Å²) in [4.78, 5) is 112. The molecule has 86 heavy (non-hydrogen) atoms. The van der Waals surface area contributed by atoms with E-state index in [2.05, 4.69) is 24.7 Å². The Morgan fingerprint density at radius 2 is 1.05 bits per heavy atom. The van der Waals surface area contributed by atoms with E-state index >= 15 is 4.39 Å². The number of carbonyl (C=O) groups excluding carboxylic acids is 8. The summed E-state index contributed by atoms with van der Waals surface area (Å²) in [6, 6.07) is 8.55. The van der Waals surface area contributed by atoms with Crippen molar-refractivity contribution in [1.29, 1.82) is 0 Å². The Labute approximate surface area is 558 Å². The first-order valence-electron chi connectivity index (χ1n) is 27.2. The van der Waals surface area contributed by atoms with Crippen LogP contribution in [-0.4, -0.2) is 228 Å². The number of hydrogen-bond acceptors (Lipinski definition) is 22. The average molecular weight is 1340 g/mol. The van der Waals surface area contributed by atoms with Gasteiger partial charge in [0.15, 0.2) is 6.07 Å². The van der Waals surface area contributed by atoms with Crippen molar-refractivity contribution in [2.75, 3.05) is 138 Å². The number of aromatic nitrogens is 4. The number of aliphatic carboxylic acids is 1. The predicted molar refractivity (Wildman–Crippen MR) is 297 cm³/mol. The van der Waals surface area contributed by atoms with E-state index in [1.165, 1.54) is 28.9 Å². The van der Waals surface area contributed by atoms with Crippen molar-refractivity contribution >= 4 is 82.5 Å². The number of rotatable bonds is 15. The SMILES string of the molecule is CC(=O)N(C[C@H]1CN(c2ccc(N3Cc4cn(C)nc4C3)c(F)c2)C(=O)O1)C(=O)OCCl.CC(=O)N(C[C@H]1CN(c2ccc(N3Cc4cn(C)nc4C3)c(F)c2)C(=O)O1)C(=O)OCOC(=O)CN1CCN(C)CC1.CN1CCN(CC(=O)[O-])CC1.[Cs+]. The first-order valence-corrected chi connectivity index (χ1v) is 27.8. The minimum atomic E-state index is -1.04. The summed E-state index contributed by atoms with van der Waals surface area (Å²) in [6.07, 6.45) is -1.26. The van der Waals surface area contributed by atoms with Crippen molar-refractivity contribution in [3.05, 3.63) is 82.9 Å². The minimum Gasteiger partial charge on any atom is -0.549 e. The van der Waals surface area contributed by atoms with Gasteiger partial charge in [0.1, 0.15) is 23.8 Å². The second-order valence-electron chi connectivity index (χ2n) is 21.1. The van der Waals surface area contributed by atoms with E-state index in [0.717, 1.165) is 91.6 Å².